The second-order valence-electron chi connectivity index (χ2n) is 4.74. The van der Waals surface area contributed by atoms with Crippen molar-refractivity contribution in [2.24, 2.45) is 5.92 Å². The van der Waals surface area contributed by atoms with Crippen LogP contribution in [0.15, 0.2) is 12.4 Å². The minimum absolute atomic E-state index is 0.261. The molecule has 104 valence electrons. The van der Waals surface area contributed by atoms with Gasteiger partial charge in [-0.15, -0.1) is 0 Å². The van der Waals surface area contributed by atoms with Gasteiger partial charge in [-0.05, 0) is 32.4 Å². The maximum absolute atomic E-state index is 11.4. The molecule has 19 heavy (non-hydrogen) atoms. The van der Waals surface area contributed by atoms with E-state index in [1.54, 1.807) is 6.20 Å². The van der Waals surface area contributed by atoms with Gasteiger partial charge in [-0.3, -0.25) is 4.98 Å². The summed E-state index contributed by atoms with van der Waals surface area (Å²) in [5.41, 5.74) is 0.261. The van der Waals surface area contributed by atoms with Crippen LogP contribution < -0.4 is 10.2 Å². The molecule has 0 aromatic carbocycles. The molecule has 0 atom stereocenters. The summed E-state index contributed by atoms with van der Waals surface area (Å²) in [4.78, 5) is 22.0. The highest BCUT2D eigenvalue weighted by molar-refractivity contribution is 5.87. The van der Waals surface area contributed by atoms with E-state index in [1.165, 1.54) is 13.3 Å². The Morgan fingerprint density at radius 3 is 2.84 bits per heavy atom. The van der Waals surface area contributed by atoms with Crippen molar-refractivity contribution in [1.29, 1.82) is 0 Å². The molecule has 1 aromatic rings. The Balaban J connectivity index is 2.01. The van der Waals surface area contributed by atoms with Gasteiger partial charge in [0.05, 0.1) is 19.5 Å². The Bertz CT molecular complexity index is 430. The average molecular weight is 264 g/mol. The number of ether oxygens (including phenoxy) is 1. The second kappa shape index (κ2) is 6.47. The van der Waals surface area contributed by atoms with Crippen LogP contribution in [-0.2, 0) is 4.74 Å². The molecule has 6 nitrogen and oxygen atoms in total. The summed E-state index contributed by atoms with van der Waals surface area (Å²) in [5.74, 6) is 1.03. The number of hydrogen-bond acceptors (Lipinski definition) is 6. The lowest BCUT2D eigenvalue weighted by Gasteiger charge is -2.32. The molecule has 0 saturated carbocycles. The molecule has 0 spiro atoms. The van der Waals surface area contributed by atoms with E-state index in [0.717, 1.165) is 44.2 Å². The Morgan fingerprint density at radius 1 is 1.47 bits per heavy atom. The molecule has 1 saturated heterocycles. The van der Waals surface area contributed by atoms with Gasteiger partial charge < -0.3 is 15.0 Å². The fourth-order valence-electron chi connectivity index (χ4n) is 2.37. The highest BCUT2D eigenvalue weighted by Crippen LogP contribution is 2.21. The first kappa shape index (κ1) is 13.7. The topological polar surface area (TPSA) is 67.4 Å². The van der Waals surface area contributed by atoms with Gasteiger partial charge in [-0.2, -0.15) is 0 Å². The number of aromatic nitrogens is 2. The molecule has 2 rings (SSSR count). The van der Waals surface area contributed by atoms with Crippen molar-refractivity contribution < 1.29 is 9.53 Å². The third kappa shape index (κ3) is 3.41. The summed E-state index contributed by atoms with van der Waals surface area (Å²) < 4.78 is 4.66. The molecule has 2 heterocycles. The first-order chi connectivity index (χ1) is 9.24. The number of nitrogens with zero attached hydrogens (tertiary/aromatic N) is 3. The maximum atomic E-state index is 11.4. The van der Waals surface area contributed by atoms with E-state index in [1.807, 2.05) is 7.05 Å². The zero-order valence-corrected chi connectivity index (χ0v) is 11.4. The van der Waals surface area contributed by atoms with Crippen molar-refractivity contribution >= 4 is 11.8 Å². The third-order valence-electron chi connectivity index (χ3n) is 3.45. The Morgan fingerprint density at radius 2 is 2.21 bits per heavy atom. The van der Waals surface area contributed by atoms with Gasteiger partial charge in [0.25, 0.3) is 0 Å². The second-order valence-corrected chi connectivity index (χ2v) is 4.74. The van der Waals surface area contributed by atoms with Crippen LogP contribution in [0.2, 0.25) is 0 Å². The normalized spacial score (nSPS) is 16.4. The molecule has 1 fully saturated rings. The van der Waals surface area contributed by atoms with Gasteiger partial charge >= 0.3 is 5.97 Å². The lowest BCUT2D eigenvalue weighted by molar-refractivity contribution is 0.0593. The number of hydrogen-bond donors (Lipinski definition) is 1. The fourth-order valence-corrected chi connectivity index (χ4v) is 2.37. The summed E-state index contributed by atoms with van der Waals surface area (Å²) in [6, 6.07) is 0. The smallest absolute Gasteiger partial charge is 0.358 e. The lowest BCUT2D eigenvalue weighted by atomic mass is 9.97. The predicted molar refractivity (Wildman–Crippen MR) is 72.2 cm³/mol. The largest absolute Gasteiger partial charge is 0.464 e. The Hall–Kier alpha value is -1.69. The minimum Gasteiger partial charge on any atom is -0.464 e. The number of carbonyl (C=O) groups is 1. The van der Waals surface area contributed by atoms with Crippen molar-refractivity contribution in [2.45, 2.75) is 12.8 Å². The van der Waals surface area contributed by atoms with Crippen LogP contribution in [0.4, 0.5) is 5.82 Å². The van der Waals surface area contributed by atoms with Crippen molar-refractivity contribution in [1.82, 2.24) is 15.3 Å². The van der Waals surface area contributed by atoms with Gasteiger partial charge in [-0.1, -0.05) is 0 Å². The van der Waals surface area contributed by atoms with Crippen LogP contribution in [0, 0.1) is 5.92 Å². The van der Waals surface area contributed by atoms with E-state index >= 15 is 0 Å². The Labute approximate surface area is 113 Å². The lowest BCUT2D eigenvalue weighted by Crippen LogP contribution is -2.37. The standard InChI is InChI=1S/C13H20N4O2/c1-14-7-10-3-5-17(6-4-10)12-9-15-8-11(16-12)13(18)19-2/h8-10,14H,3-7H2,1-2H3. The van der Waals surface area contributed by atoms with Crippen LogP contribution >= 0.6 is 0 Å². The molecular formula is C13H20N4O2. The van der Waals surface area contributed by atoms with Crippen LogP contribution in [0.1, 0.15) is 23.3 Å². The zero-order chi connectivity index (χ0) is 13.7. The molecule has 0 radical (unpaired) electrons. The number of carbonyl (C=O) groups excluding carboxylic acids is 1. The molecule has 1 N–H and O–H groups in total. The first-order valence-corrected chi connectivity index (χ1v) is 6.54. The molecule has 0 aliphatic carbocycles. The number of piperidine rings is 1. The van der Waals surface area contributed by atoms with Gasteiger partial charge in [0.2, 0.25) is 0 Å². The molecular weight excluding hydrogens is 244 g/mol. The van der Waals surface area contributed by atoms with Crippen molar-refractivity contribution in [3.8, 4) is 0 Å². The van der Waals surface area contributed by atoms with E-state index in [9.17, 15) is 4.79 Å². The van der Waals surface area contributed by atoms with E-state index in [2.05, 4.69) is 24.9 Å². The maximum Gasteiger partial charge on any atom is 0.358 e. The number of anilines is 1. The highest BCUT2D eigenvalue weighted by Gasteiger charge is 2.20. The van der Waals surface area contributed by atoms with E-state index in [-0.39, 0.29) is 5.69 Å². The van der Waals surface area contributed by atoms with Crippen molar-refractivity contribution in [3.05, 3.63) is 18.1 Å². The molecule has 1 aromatic heterocycles. The summed E-state index contributed by atoms with van der Waals surface area (Å²) >= 11 is 0. The van der Waals surface area contributed by atoms with Gasteiger partial charge in [0.1, 0.15) is 5.82 Å². The first-order valence-electron chi connectivity index (χ1n) is 6.54. The van der Waals surface area contributed by atoms with Gasteiger partial charge in [-0.25, -0.2) is 9.78 Å². The highest BCUT2D eigenvalue weighted by atomic mass is 16.5. The Kier molecular flexibility index (Phi) is 4.68. The monoisotopic (exact) mass is 264 g/mol. The molecule has 1 aliphatic rings. The summed E-state index contributed by atoms with van der Waals surface area (Å²) in [6.45, 7) is 2.96. The predicted octanol–water partition coefficient (Wildman–Crippen LogP) is 0.699. The van der Waals surface area contributed by atoms with E-state index < -0.39 is 5.97 Å². The molecule has 6 heteroatoms. The van der Waals surface area contributed by atoms with E-state index in [4.69, 9.17) is 0 Å². The fraction of sp³-hybridized carbons (Fsp3) is 0.615. The SMILES string of the molecule is CNCC1CCN(c2cncc(C(=O)OC)n2)CC1. The van der Waals surface area contributed by atoms with Crippen molar-refractivity contribution in [3.63, 3.8) is 0 Å². The molecule has 0 amide bonds. The third-order valence-corrected chi connectivity index (χ3v) is 3.45. The summed E-state index contributed by atoms with van der Waals surface area (Å²) in [7, 11) is 3.33. The van der Waals surface area contributed by atoms with Crippen LogP contribution in [0.3, 0.4) is 0 Å². The van der Waals surface area contributed by atoms with Crippen molar-refractivity contribution in [2.75, 3.05) is 38.7 Å². The number of methoxy groups -OCH3 is 1. The molecule has 0 bridgehead atoms. The van der Waals surface area contributed by atoms with Gasteiger partial charge in [0.15, 0.2) is 5.69 Å². The average Bonchev–Trinajstić information content (AvgIpc) is 2.48. The van der Waals surface area contributed by atoms with Gasteiger partial charge in [0, 0.05) is 13.1 Å². The number of rotatable bonds is 4. The molecule has 0 unspecified atom stereocenters. The van der Waals surface area contributed by atoms with Crippen LogP contribution in [-0.4, -0.2) is 49.7 Å². The summed E-state index contributed by atoms with van der Waals surface area (Å²) in [5, 5.41) is 3.22. The molecule has 1 aliphatic heterocycles. The zero-order valence-electron chi connectivity index (χ0n) is 11.4. The quantitative estimate of drug-likeness (QED) is 0.807. The van der Waals surface area contributed by atoms with Crippen LogP contribution in [0.25, 0.3) is 0 Å². The summed E-state index contributed by atoms with van der Waals surface area (Å²) in [6.07, 6.45) is 5.39. The van der Waals surface area contributed by atoms with Crippen LogP contribution in [0.5, 0.6) is 0 Å². The minimum atomic E-state index is -0.445. The number of nitrogens with one attached hydrogen (secondary N) is 1. The number of esters is 1. The van der Waals surface area contributed by atoms with E-state index in [0.29, 0.717) is 0 Å².